The first-order chi connectivity index (χ1) is 9.20. The van der Waals surface area contributed by atoms with Crippen LogP contribution in [0.15, 0.2) is 4.52 Å². The van der Waals surface area contributed by atoms with Gasteiger partial charge in [0.25, 0.3) is 0 Å². The van der Waals surface area contributed by atoms with Crippen molar-refractivity contribution in [2.24, 2.45) is 0 Å². The Morgan fingerprint density at radius 2 is 2.21 bits per heavy atom. The van der Waals surface area contributed by atoms with Gasteiger partial charge in [-0.25, -0.2) is 0 Å². The number of carbonyl (C=O) groups is 1. The molecule has 0 aliphatic carbocycles. The molecule has 7 nitrogen and oxygen atoms in total. The Balaban J connectivity index is 2.06. The number of ether oxygens (including phenoxy) is 1. The van der Waals surface area contributed by atoms with Crippen molar-refractivity contribution in [2.45, 2.75) is 32.1 Å². The molecular formula is C12H19N3O4. The van der Waals surface area contributed by atoms with Gasteiger partial charge in [0.1, 0.15) is 6.54 Å². The van der Waals surface area contributed by atoms with Crippen LogP contribution in [-0.2, 0) is 9.53 Å². The van der Waals surface area contributed by atoms with Crippen LogP contribution in [0.5, 0.6) is 0 Å². The summed E-state index contributed by atoms with van der Waals surface area (Å²) in [5.41, 5.74) is 0. The summed E-state index contributed by atoms with van der Waals surface area (Å²) in [6, 6.07) is 0.297. The molecular weight excluding hydrogens is 250 g/mol. The van der Waals surface area contributed by atoms with E-state index in [1.807, 2.05) is 6.92 Å². The monoisotopic (exact) mass is 269 g/mol. The number of aliphatic carboxylic acids is 1. The second kappa shape index (κ2) is 6.51. The fourth-order valence-electron chi connectivity index (χ4n) is 2.15. The smallest absolute Gasteiger partial charge is 0.324 e. The van der Waals surface area contributed by atoms with Gasteiger partial charge in [-0.3, -0.25) is 4.79 Å². The first-order valence-corrected chi connectivity index (χ1v) is 6.58. The van der Waals surface area contributed by atoms with Gasteiger partial charge in [0.2, 0.25) is 0 Å². The van der Waals surface area contributed by atoms with E-state index in [9.17, 15) is 4.79 Å². The van der Waals surface area contributed by atoms with Crippen molar-refractivity contribution < 1.29 is 19.2 Å². The maximum Gasteiger partial charge on any atom is 0.324 e. The molecule has 7 heteroatoms. The predicted octanol–water partition coefficient (Wildman–Crippen LogP) is 1.26. The summed E-state index contributed by atoms with van der Waals surface area (Å²) >= 11 is 0. The van der Waals surface area contributed by atoms with Crippen molar-refractivity contribution in [3.63, 3.8) is 0 Å². The van der Waals surface area contributed by atoms with Crippen LogP contribution in [0.25, 0.3) is 0 Å². The van der Waals surface area contributed by atoms with Gasteiger partial charge in [-0.15, -0.1) is 0 Å². The number of hydrogen-bond donors (Lipinski definition) is 1. The maximum absolute atomic E-state index is 10.8. The van der Waals surface area contributed by atoms with Crippen molar-refractivity contribution in [2.75, 3.05) is 31.2 Å². The number of hydrogen-bond acceptors (Lipinski definition) is 6. The maximum atomic E-state index is 10.8. The lowest BCUT2D eigenvalue weighted by molar-refractivity contribution is -0.135. The van der Waals surface area contributed by atoms with E-state index in [0.29, 0.717) is 31.6 Å². The summed E-state index contributed by atoms with van der Waals surface area (Å²) in [6.45, 7) is 3.86. The van der Waals surface area contributed by atoms with Crippen molar-refractivity contribution in [3.05, 3.63) is 5.82 Å². The average molecular weight is 269 g/mol. The molecule has 1 aromatic heterocycles. The third-order valence-corrected chi connectivity index (χ3v) is 3.11. The highest BCUT2D eigenvalue weighted by Crippen LogP contribution is 2.26. The van der Waals surface area contributed by atoms with E-state index < -0.39 is 5.97 Å². The summed E-state index contributed by atoms with van der Waals surface area (Å²) in [4.78, 5) is 16.7. The Morgan fingerprint density at radius 1 is 1.47 bits per heavy atom. The highest BCUT2D eigenvalue weighted by atomic mass is 16.5. The van der Waals surface area contributed by atoms with Gasteiger partial charge in [0.15, 0.2) is 5.82 Å². The molecule has 0 aromatic carbocycles. The Morgan fingerprint density at radius 3 is 2.84 bits per heavy atom. The highest BCUT2D eigenvalue weighted by molar-refractivity contribution is 5.72. The van der Waals surface area contributed by atoms with E-state index in [4.69, 9.17) is 14.4 Å². The third kappa shape index (κ3) is 3.66. The number of rotatable bonds is 6. The molecule has 2 heterocycles. The molecule has 1 aliphatic rings. The van der Waals surface area contributed by atoms with Crippen LogP contribution in [-0.4, -0.2) is 47.5 Å². The van der Waals surface area contributed by atoms with Gasteiger partial charge in [-0.05, 0) is 19.3 Å². The topological polar surface area (TPSA) is 88.7 Å². The minimum Gasteiger partial charge on any atom is -0.480 e. The third-order valence-electron chi connectivity index (χ3n) is 3.11. The van der Waals surface area contributed by atoms with Gasteiger partial charge in [0.05, 0.1) is 0 Å². The fourth-order valence-corrected chi connectivity index (χ4v) is 2.15. The zero-order valence-electron chi connectivity index (χ0n) is 11.0. The fraction of sp³-hybridized carbons (Fsp3) is 0.750. The Labute approximate surface area is 111 Å². The molecule has 0 saturated carbocycles. The van der Waals surface area contributed by atoms with Crippen LogP contribution in [0, 0.1) is 0 Å². The van der Waals surface area contributed by atoms with Crippen molar-refractivity contribution in [1.82, 2.24) is 10.1 Å². The van der Waals surface area contributed by atoms with Crippen LogP contribution in [0.3, 0.4) is 0 Å². The van der Waals surface area contributed by atoms with Gasteiger partial charge in [0, 0.05) is 25.7 Å². The SMILES string of the molecule is CCCN(CC(=O)O)c1nc(C2CCOCC2)no1. The molecule has 0 amide bonds. The molecule has 1 aliphatic heterocycles. The minimum atomic E-state index is -0.903. The number of aromatic nitrogens is 2. The van der Waals surface area contributed by atoms with Crippen LogP contribution in [0.4, 0.5) is 6.01 Å². The largest absolute Gasteiger partial charge is 0.480 e. The van der Waals surface area contributed by atoms with Crippen molar-refractivity contribution in [3.8, 4) is 0 Å². The number of carboxylic acid groups (broad SMARTS) is 1. The van der Waals surface area contributed by atoms with Crippen molar-refractivity contribution in [1.29, 1.82) is 0 Å². The van der Waals surface area contributed by atoms with Gasteiger partial charge in [-0.1, -0.05) is 12.1 Å². The van der Waals surface area contributed by atoms with E-state index in [1.165, 1.54) is 0 Å². The van der Waals surface area contributed by atoms with E-state index in [1.54, 1.807) is 4.90 Å². The summed E-state index contributed by atoms with van der Waals surface area (Å²) in [6.07, 6.45) is 2.58. The number of nitrogens with zero attached hydrogens (tertiary/aromatic N) is 3. The van der Waals surface area contributed by atoms with E-state index in [-0.39, 0.29) is 12.5 Å². The van der Waals surface area contributed by atoms with E-state index in [2.05, 4.69) is 10.1 Å². The predicted molar refractivity (Wildman–Crippen MR) is 67.2 cm³/mol. The molecule has 19 heavy (non-hydrogen) atoms. The lowest BCUT2D eigenvalue weighted by Gasteiger charge is -2.18. The van der Waals surface area contributed by atoms with Crippen LogP contribution < -0.4 is 4.90 Å². The lowest BCUT2D eigenvalue weighted by Crippen LogP contribution is -2.30. The second-order valence-corrected chi connectivity index (χ2v) is 4.64. The van der Waals surface area contributed by atoms with E-state index >= 15 is 0 Å². The first-order valence-electron chi connectivity index (χ1n) is 6.58. The Hall–Kier alpha value is -1.63. The molecule has 1 saturated heterocycles. The summed E-state index contributed by atoms with van der Waals surface area (Å²) in [5, 5.41) is 12.9. The summed E-state index contributed by atoms with van der Waals surface area (Å²) in [5.74, 6) is 0.00335. The lowest BCUT2D eigenvalue weighted by atomic mass is 10.00. The van der Waals surface area contributed by atoms with E-state index in [0.717, 1.165) is 19.3 Å². The Bertz CT molecular complexity index is 415. The molecule has 0 atom stereocenters. The van der Waals surface area contributed by atoms with Gasteiger partial charge >= 0.3 is 12.0 Å². The number of carboxylic acids is 1. The molecule has 1 fully saturated rings. The first kappa shape index (κ1) is 13.8. The quantitative estimate of drug-likeness (QED) is 0.831. The molecule has 1 aromatic rings. The molecule has 0 unspecified atom stereocenters. The molecule has 2 rings (SSSR count). The second-order valence-electron chi connectivity index (χ2n) is 4.64. The minimum absolute atomic E-state index is 0.122. The van der Waals surface area contributed by atoms with Gasteiger partial charge < -0.3 is 19.3 Å². The molecule has 1 N–H and O–H groups in total. The van der Waals surface area contributed by atoms with Crippen LogP contribution >= 0.6 is 0 Å². The highest BCUT2D eigenvalue weighted by Gasteiger charge is 2.23. The number of anilines is 1. The standard InChI is InChI=1S/C12H19N3O4/c1-2-5-15(8-10(16)17)12-13-11(14-19-12)9-3-6-18-7-4-9/h9H,2-8H2,1H3,(H,16,17). The zero-order chi connectivity index (χ0) is 13.7. The summed E-state index contributed by atoms with van der Waals surface area (Å²) < 4.78 is 10.5. The summed E-state index contributed by atoms with van der Waals surface area (Å²) in [7, 11) is 0. The van der Waals surface area contributed by atoms with Gasteiger partial charge in [-0.2, -0.15) is 4.98 Å². The van der Waals surface area contributed by atoms with Crippen LogP contribution in [0.2, 0.25) is 0 Å². The Kier molecular flexibility index (Phi) is 4.73. The zero-order valence-corrected chi connectivity index (χ0v) is 11.0. The van der Waals surface area contributed by atoms with Crippen LogP contribution in [0.1, 0.15) is 37.9 Å². The van der Waals surface area contributed by atoms with Crippen molar-refractivity contribution >= 4 is 12.0 Å². The molecule has 106 valence electrons. The normalized spacial score (nSPS) is 16.5. The molecule has 0 bridgehead atoms. The molecule has 0 radical (unpaired) electrons. The average Bonchev–Trinajstić information content (AvgIpc) is 2.88. The molecule has 0 spiro atoms.